The highest BCUT2D eigenvalue weighted by molar-refractivity contribution is 7.09. The van der Waals surface area contributed by atoms with E-state index in [2.05, 4.69) is 48.5 Å². The number of nitrogens with two attached hydrogens (primary N) is 1. The zero-order valence-electron chi connectivity index (χ0n) is 10.3. The molecule has 0 saturated heterocycles. The standard InChI is InChI=1S/C14H18N2S/c1-14(2,10-15)13-16-12(9-17-13)8-11-6-4-3-5-7-11/h3-7,9H,8,10,15H2,1-2H3. The highest BCUT2D eigenvalue weighted by Gasteiger charge is 2.22. The van der Waals surface area contributed by atoms with Gasteiger partial charge in [0.2, 0.25) is 0 Å². The molecule has 0 bridgehead atoms. The summed E-state index contributed by atoms with van der Waals surface area (Å²) in [5.74, 6) is 0. The molecule has 0 spiro atoms. The molecule has 3 heteroatoms. The van der Waals surface area contributed by atoms with Crippen LogP contribution in [0.15, 0.2) is 35.7 Å². The lowest BCUT2D eigenvalue weighted by atomic mass is 9.95. The van der Waals surface area contributed by atoms with Crippen LogP contribution in [0.4, 0.5) is 0 Å². The fourth-order valence-corrected chi connectivity index (χ4v) is 2.55. The summed E-state index contributed by atoms with van der Waals surface area (Å²) in [5, 5.41) is 3.27. The van der Waals surface area contributed by atoms with Gasteiger partial charge in [0.25, 0.3) is 0 Å². The normalized spacial score (nSPS) is 11.7. The SMILES string of the molecule is CC(C)(CN)c1nc(Cc2ccccc2)cs1. The molecule has 1 heterocycles. The summed E-state index contributed by atoms with van der Waals surface area (Å²) in [6.07, 6.45) is 0.901. The van der Waals surface area contributed by atoms with Gasteiger partial charge in [0, 0.05) is 23.8 Å². The fraction of sp³-hybridized carbons (Fsp3) is 0.357. The molecule has 0 amide bonds. The van der Waals surface area contributed by atoms with Crippen molar-refractivity contribution >= 4 is 11.3 Å². The zero-order valence-corrected chi connectivity index (χ0v) is 11.1. The number of aromatic nitrogens is 1. The highest BCUT2D eigenvalue weighted by Crippen LogP contribution is 2.26. The molecule has 17 heavy (non-hydrogen) atoms. The molecular weight excluding hydrogens is 228 g/mol. The van der Waals surface area contributed by atoms with Crippen molar-refractivity contribution in [2.24, 2.45) is 5.73 Å². The minimum atomic E-state index is -0.0143. The Morgan fingerprint density at radius 1 is 1.24 bits per heavy atom. The summed E-state index contributed by atoms with van der Waals surface area (Å²) in [4.78, 5) is 4.69. The van der Waals surface area contributed by atoms with Crippen LogP contribution in [-0.4, -0.2) is 11.5 Å². The second-order valence-corrected chi connectivity index (χ2v) is 5.75. The van der Waals surface area contributed by atoms with E-state index >= 15 is 0 Å². The molecule has 0 aliphatic carbocycles. The summed E-state index contributed by atoms with van der Waals surface area (Å²) in [6, 6.07) is 10.4. The van der Waals surface area contributed by atoms with Crippen LogP contribution in [0.1, 0.15) is 30.1 Å². The molecule has 2 nitrogen and oxygen atoms in total. The topological polar surface area (TPSA) is 38.9 Å². The molecule has 1 aromatic heterocycles. The van der Waals surface area contributed by atoms with E-state index in [1.54, 1.807) is 11.3 Å². The monoisotopic (exact) mass is 246 g/mol. The number of benzene rings is 1. The first-order valence-electron chi connectivity index (χ1n) is 5.81. The van der Waals surface area contributed by atoms with Crippen LogP contribution in [0.25, 0.3) is 0 Å². The van der Waals surface area contributed by atoms with Crippen LogP contribution in [0, 0.1) is 0 Å². The molecule has 0 fully saturated rings. The molecule has 0 aliphatic rings. The van der Waals surface area contributed by atoms with Crippen LogP contribution in [-0.2, 0) is 11.8 Å². The van der Waals surface area contributed by atoms with Gasteiger partial charge in [-0.25, -0.2) is 4.98 Å². The minimum absolute atomic E-state index is 0.0143. The molecule has 0 atom stereocenters. The molecule has 0 saturated carbocycles. The van der Waals surface area contributed by atoms with Gasteiger partial charge in [-0.05, 0) is 5.56 Å². The first-order valence-corrected chi connectivity index (χ1v) is 6.68. The van der Waals surface area contributed by atoms with Gasteiger partial charge in [0.15, 0.2) is 0 Å². The van der Waals surface area contributed by atoms with Gasteiger partial charge in [0.05, 0.1) is 10.7 Å². The van der Waals surface area contributed by atoms with E-state index in [1.807, 2.05) is 6.07 Å². The zero-order chi connectivity index (χ0) is 12.3. The maximum atomic E-state index is 5.77. The third kappa shape index (κ3) is 2.93. The van der Waals surface area contributed by atoms with E-state index in [1.165, 1.54) is 5.56 Å². The van der Waals surface area contributed by atoms with Crippen molar-refractivity contribution in [2.75, 3.05) is 6.54 Å². The Bertz CT molecular complexity index is 474. The summed E-state index contributed by atoms with van der Waals surface area (Å²) >= 11 is 1.71. The second-order valence-electron chi connectivity index (χ2n) is 4.89. The van der Waals surface area contributed by atoms with Gasteiger partial charge >= 0.3 is 0 Å². The van der Waals surface area contributed by atoms with Crippen molar-refractivity contribution in [3.05, 3.63) is 52.0 Å². The minimum Gasteiger partial charge on any atom is -0.330 e. The number of nitrogens with zero attached hydrogens (tertiary/aromatic N) is 1. The van der Waals surface area contributed by atoms with Gasteiger partial charge < -0.3 is 5.73 Å². The molecule has 2 aromatic rings. The summed E-state index contributed by atoms with van der Waals surface area (Å²) in [7, 11) is 0. The van der Waals surface area contributed by atoms with Crippen molar-refractivity contribution < 1.29 is 0 Å². The lowest BCUT2D eigenvalue weighted by Crippen LogP contribution is -2.27. The highest BCUT2D eigenvalue weighted by atomic mass is 32.1. The van der Waals surface area contributed by atoms with Gasteiger partial charge in [-0.3, -0.25) is 0 Å². The average molecular weight is 246 g/mol. The van der Waals surface area contributed by atoms with Crippen molar-refractivity contribution in [1.29, 1.82) is 0 Å². The summed E-state index contributed by atoms with van der Waals surface area (Å²) in [5.41, 5.74) is 8.19. The van der Waals surface area contributed by atoms with E-state index in [-0.39, 0.29) is 5.41 Å². The smallest absolute Gasteiger partial charge is 0.0997 e. The predicted octanol–water partition coefficient (Wildman–Crippen LogP) is 2.97. The maximum absolute atomic E-state index is 5.77. The van der Waals surface area contributed by atoms with Gasteiger partial charge in [-0.1, -0.05) is 44.2 Å². The Morgan fingerprint density at radius 2 is 1.94 bits per heavy atom. The number of thiazole rings is 1. The van der Waals surface area contributed by atoms with Crippen LogP contribution in [0.2, 0.25) is 0 Å². The van der Waals surface area contributed by atoms with E-state index in [0.717, 1.165) is 17.1 Å². The first kappa shape index (κ1) is 12.3. The Balaban J connectivity index is 2.14. The van der Waals surface area contributed by atoms with Crippen molar-refractivity contribution in [1.82, 2.24) is 4.98 Å². The predicted molar refractivity (Wildman–Crippen MR) is 73.4 cm³/mol. The molecule has 2 rings (SSSR count). The Morgan fingerprint density at radius 3 is 2.59 bits per heavy atom. The first-order chi connectivity index (χ1) is 8.12. The molecule has 0 unspecified atom stereocenters. The summed E-state index contributed by atoms with van der Waals surface area (Å²) < 4.78 is 0. The number of hydrogen-bond acceptors (Lipinski definition) is 3. The van der Waals surface area contributed by atoms with E-state index in [4.69, 9.17) is 5.73 Å². The van der Waals surface area contributed by atoms with Gasteiger partial charge in [0.1, 0.15) is 0 Å². The van der Waals surface area contributed by atoms with Crippen LogP contribution in [0.5, 0.6) is 0 Å². The Hall–Kier alpha value is -1.19. The number of rotatable bonds is 4. The molecular formula is C14H18N2S. The van der Waals surface area contributed by atoms with Crippen molar-refractivity contribution in [2.45, 2.75) is 25.7 Å². The van der Waals surface area contributed by atoms with Gasteiger partial charge in [-0.15, -0.1) is 11.3 Å². The van der Waals surface area contributed by atoms with E-state index in [0.29, 0.717) is 6.54 Å². The third-order valence-corrected chi connectivity index (χ3v) is 4.13. The quantitative estimate of drug-likeness (QED) is 0.900. The fourth-order valence-electron chi connectivity index (χ4n) is 1.59. The second kappa shape index (κ2) is 4.98. The Kier molecular flexibility index (Phi) is 3.60. The van der Waals surface area contributed by atoms with Crippen LogP contribution in [0.3, 0.4) is 0 Å². The van der Waals surface area contributed by atoms with Crippen molar-refractivity contribution in [3.63, 3.8) is 0 Å². The Labute approximate surface area is 107 Å². The van der Waals surface area contributed by atoms with Crippen LogP contribution >= 0.6 is 11.3 Å². The van der Waals surface area contributed by atoms with E-state index < -0.39 is 0 Å². The lowest BCUT2D eigenvalue weighted by Gasteiger charge is -2.18. The molecule has 0 aliphatic heterocycles. The molecule has 1 aromatic carbocycles. The third-order valence-electron chi connectivity index (χ3n) is 2.87. The molecule has 0 radical (unpaired) electrons. The summed E-state index contributed by atoms with van der Waals surface area (Å²) in [6.45, 7) is 4.90. The average Bonchev–Trinajstić information content (AvgIpc) is 2.80. The number of hydrogen-bond donors (Lipinski definition) is 1. The molecule has 2 N–H and O–H groups in total. The maximum Gasteiger partial charge on any atom is 0.0997 e. The van der Waals surface area contributed by atoms with Gasteiger partial charge in [-0.2, -0.15) is 0 Å². The largest absolute Gasteiger partial charge is 0.330 e. The van der Waals surface area contributed by atoms with E-state index in [9.17, 15) is 0 Å². The lowest BCUT2D eigenvalue weighted by molar-refractivity contribution is 0.534. The van der Waals surface area contributed by atoms with Crippen molar-refractivity contribution in [3.8, 4) is 0 Å². The van der Waals surface area contributed by atoms with Crippen LogP contribution < -0.4 is 5.73 Å². The molecule has 90 valence electrons.